The molecule has 116 valence electrons. The maximum absolute atomic E-state index is 13.6. The van der Waals surface area contributed by atoms with Crippen LogP contribution in [-0.4, -0.2) is 35.1 Å². The Balaban J connectivity index is 2.49. The minimum atomic E-state index is -0.247. The quantitative estimate of drug-likeness (QED) is 0.776. The van der Waals surface area contributed by atoms with Crippen LogP contribution in [0.4, 0.5) is 4.39 Å². The summed E-state index contributed by atoms with van der Waals surface area (Å²) in [6.07, 6.45) is 0. The number of rotatable bonds is 5. The van der Waals surface area contributed by atoms with Crippen LogP contribution in [-0.2, 0) is 6.54 Å². The van der Waals surface area contributed by atoms with E-state index < -0.39 is 0 Å². The van der Waals surface area contributed by atoms with E-state index in [1.165, 1.54) is 12.1 Å². The molecule has 0 saturated heterocycles. The number of nitrogens with zero attached hydrogens (tertiary/aromatic N) is 3. The van der Waals surface area contributed by atoms with E-state index in [0.717, 1.165) is 29.9 Å². The molecule has 0 spiro atoms. The summed E-state index contributed by atoms with van der Waals surface area (Å²) < 4.78 is 15.6. The van der Waals surface area contributed by atoms with Crippen LogP contribution in [0.15, 0.2) is 18.2 Å². The molecule has 0 aliphatic rings. The van der Waals surface area contributed by atoms with Gasteiger partial charge in [0.05, 0.1) is 16.4 Å². The minimum Gasteiger partial charge on any atom is -0.326 e. The summed E-state index contributed by atoms with van der Waals surface area (Å²) in [5, 5.41) is -0.212. The monoisotopic (exact) mass is 311 g/mol. The second kappa shape index (κ2) is 5.93. The summed E-state index contributed by atoms with van der Waals surface area (Å²) in [6.45, 7) is 7.96. The summed E-state index contributed by atoms with van der Waals surface area (Å²) >= 11 is 6.27. The van der Waals surface area contributed by atoms with Crippen molar-refractivity contribution >= 4 is 22.6 Å². The highest BCUT2D eigenvalue weighted by molar-refractivity contribution is 6.20. The molecular formula is C16H23ClFN3. The smallest absolute Gasteiger partial charge is 0.127 e. The van der Waals surface area contributed by atoms with Gasteiger partial charge >= 0.3 is 0 Å². The van der Waals surface area contributed by atoms with Crippen molar-refractivity contribution in [2.75, 3.05) is 20.6 Å². The second-order valence-corrected chi connectivity index (χ2v) is 7.36. The van der Waals surface area contributed by atoms with Gasteiger partial charge in [-0.15, -0.1) is 11.6 Å². The van der Waals surface area contributed by atoms with Crippen LogP contribution in [0.25, 0.3) is 11.0 Å². The van der Waals surface area contributed by atoms with Gasteiger partial charge in [0.25, 0.3) is 0 Å². The minimum absolute atomic E-state index is 0.0317. The third-order valence-electron chi connectivity index (χ3n) is 3.43. The summed E-state index contributed by atoms with van der Waals surface area (Å²) in [7, 11) is 4.11. The zero-order valence-electron chi connectivity index (χ0n) is 13.3. The number of halogens is 2. The van der Waals surface area contributed by atoms with Crippen molar-refractivity contribution in [2.24, 2.45) is 5.41 Å². The molecule has 0 aliphatic heterocycles. The van der Waals surface area contributed by atoms with Gasteiger partial charge in [-0.25, -0.2) is 9.37 Å². The highest BCUT2D eigenvalue weighted by atomic mass is 35.5. The van der Waals surface area contributed by atoms with E-state index in [1.807, 2.05) is 6.92 Å². The Hall–Kier alpha value is -1.13. The van der Waals surface area contributed by atoms with Gasteiger partial charge in [0.15, 0.2) is 0 Å². The Morgan fingerprint density at radius 3 is 2.62 bits per heavy atom. The van der Waals surface area contributed by atoms with Crippen LogP contribution in [0.5, 0.6) is 0 Å². The van der Waals surface area contributed by atoms with Crippen LogP contribution < -0.4 is 0 Å². The fourth-order valence-corrected chi connectivity index (χ4v) is 3.09. The predicted molar refractivity (Wildman–Crippen MR) is 86.3 cm³/mol. The molecule has 0 bridgehead atoms. The molecule has 2 aromatic rings. The Kier molecular flexibility index (Phi) is 4.59. The van der Waals surface area contributed by atoms with Gasteiger partial charge in [-0.3, -0.25) is 0 Å². The van der Waals surface area contributed by atoms with Gasteiger partial charge in [-0.1, -0.05) is 13.8 Å². The first-order chi connectivity index (χ1) is 9.69. The van der Waals surface area contributed by atoms with Crippen LogP contribution in [0, 0.1) is 11.2 Å². The van der Waals surface area contributed by atoms with Crippen molar-refractivity contribution in [3.8, 4) is 0 Å². The molecule has 3 nitrogen and oxygen atoms in total. The molecule has 1 aromatic carbocycles. The maximum atomic E-state index is 13.6. The molecular weight excluding hydrogens is 289 g/mol. The summed E-state index contributed by atoms with van der Waals surface area (Å²) in [5.74, 6) is 0.548. The van der Waals surface area contributed by atoms with Gasteiger partial charge in [-0.2, -0.15) is 0 Å². The van der Waals surface area contributed by atoms with Crippen molar-refractivity contribution in [3.05, 3.63) is 29.8 Å². The van der Waals surface area contributed by atoms with Gasteiger partial charge in [0, 0.05) is 13.1 Å². The highest BCUT2D eigenvalue weighted by Gasteiger charge is 2.24. The van der Waals surface area contributed by atoms with E-state index in [9.17, 15) is 4.39 Å². The van der Waals surface area contributed by atoms with Crippen LogP contribution in [0.3, 0.4) is 0 Å². The molecule has 1 atom stereocenters. The van der Waals surface area contributed by atoms with E-state index in [4.69, 9.17) is 11.6 Å². The number of aromatic nitrogens is 2. The number of fused-ring (bicyclic) bond motifs is 1. The number of imidazole rings is 1. The lowest BCUT2D eigenvalue weighted by atomic mass is 9.92. The average Bonchev–Trinajstić information content (AvgIpc) is 2.65. The molecule has 1 aromatic heterocycles. The van der Waals surface area contributed by atoms with Gasteiger partial charge < -0.3 is 9.47 Å². The first-order valence-electron chi connectivity index (χ1n) is 7.14. The lowest BCUT2D eigenvalue weighted by Gasteiger charge is -2.29. The molecule has 0 aliphatic carbocycles. The lowest BCUT2D eigenvalue weighted by Crippen LogP contribution is -2.32. The van der Waals surface area contributed by atoms with Crippen molar-refractivity contribution in [2.45, 2.75) is 32.7 Å². The Bertz CT molecular complexity index is 632. The molecule has 0 N–H and O–H groups in total. The Labute approximate surface area is 130 Å². The zero-order chi connectivity index (χ0) is 15.8. The largest absolute Gasteiger partial charge is 0.326 e. The van der Waals surface area contributed by atoms with E-state index in [-0.39, 0.29) is 16.6 Å². The standard InChI is InChI=1S/C16H23ClFN3/c1-11(17)15-19-13-7-6-12(18)8-14(13)21(15)10-16(2,3)9-20(4)5/h6-8,11H,9-10H2,1-5H3. The molecule has 0 radical (unpaired) electrons. The fourth-order valence-electron chi connectivity index (χ4n) is 2.92. The van der Waals surface area contributed by atoms with Crippen molar-refractivity contribution in [1.29, 1.82) is 0 Å². The molecule has 0 saturated carbocycles. The molecule has 1 heterocycles. The summed E-state index contributed by atoms with van der Waals surface area (Å²) in [5.41, 5.74) is 1.63. The molecule has 0 fully saturated rings. The number of hydrogen-bond donors (Lipinski definition) is 0. The van der Waals surface area contributed by atoms with E-state index in [0.29, 0.717) is 0 Å². The fraction of sp³-hybridized carbons (Fsp3) is 0.562. The van der Waals surface area contributed by atoms with Gasteiger partial charge in [0.1, 0.15) is 11.6 Å². The summed E-state index contributed by atoms with van der Waals surface area (Å²) in [6, 6.07) is 4.69. The second-order valence-electron chi connectivity index (χ2n) is 6.71. The van der Waals surface area contributed by atoms with Crippen LogP contribution in [0.1, 0.15) is 32.0 Å². The Morgan fingerprint density at radius 1 is 1.38 bits per heavy atom. The third-order valence-corrected chi connectivity index (χ3v) is 3.62. The topological polar surface area (TPSA) is 21.1 Å². The van der Waals surface area contributed by atoms with Crippen molar-refractivity contribution in [3.63, 3.8) is 0 Å². The third kappa shape index (κ3) is 3.74. The van der Waals surface area contributed by atoms with Crippen LogP contribution in [0.2, 0.25) is 0 Å². The van der Waals surface area contributed by atoms with Crippen molar-refractivity contribution < 1.29 is 4.39 Å². The molecule has 21 heavy (non-hydrogen) atoms. The van der Waals surface area contributed by atoms with Crippen molar-refractivity contribution in [1.82, 2.24) is 14.5 Å². The summed E-state index contributed by atoms with van der Waals surface area (Å²) in [4.78, 5) is 6.72. The number of alkyl halides is 1. The molecule has 5 heteroatoms. The molecule has 0 amide bonds. The predicted octanol–water partition coefficient (Wildman–Crippen LogP) is 4.06. The average molecular weight is 312 g/mol. The maximum Gasteiger partial charge on any atom is 0.127 e. The van der Waals surface area contributed by atoms with Crippen LogP contribution >= 0.6 is 11.6 Å². The van der Waals surface area contributed by atoms with Gasteiger partial charge in [-0.05, 0) is 44.6 Å². The first kappa shape index (κ1) is 16.2. The molecule has 1 unspecified atom stereocenters. The number of benzene rings is 1. The Morgan fingerprint density at radius 2 is 2.05 bits per heavy atom. The van der Waals surface area contributed by atoms with E-state index >= 15 is 0 Å². The normalized spacial score (nSPS) is 14.1. The SMILES string of the molecule is CC(Cl)c1nc2ccc(F)cc2n1CC(C)(C)CN(C)C. The first-order valence-corrected chi connectivity index (χ1v) is 7.58. The number of hydrogen-bond acceptors (Lipinski definition) is 2. The van der Waals surface area contributed by atoms with E-state index in [2.05, 4.69) is 42.4 Å². The van der Waals surface area contributed by atoms with Gasteiger partial charge in [0.2, 0.25) is 0 Å². The lowest BCUT2D eigenvalue weighted by molar-refractivity contribution is 0.211. The van der Waals surface area contributed by atoms with E-state index in [1.54, 1.807) is 6.07 Å². The highest BCUT2D eigenvalue weighted by Crippen LogP contribution is 2.29. The zero-order valence-corrected chi connectivity index (χ0v) is 14.1. The molecule has 2 rings (SSSR count).